The highest BCUT2D eigenvalue weighted by atomic mass is 32.2. The lowest BCUT2D eigenvalue weighted by atomic mass is 10.1. The Morgan fingerprint density at radius 1 is 1.03 bits per heavy atom. The molecule has 0 aliphatic heterocycles. The van der Waals surface area contributed by atoms with Gasteiger partial charge in [0.15, 0.2) is 0 Å². The minimum absolute atomic E-state index is 0.0851. The molecular formula is C26H37FN4O5S. The van der Waals surface area contributed by atoms with Crippen molar-refractivity contribution in [2.45, 2.75) is 45.7 Å². The van der Waals surface area contributed by atoms with Gasteiger partial charge in [-0.05, 0) is 54.8 Å². The van der Waals surface area contributed by atoms with Crippen LogP contribution in [-0.4, -0.2) is 69.8 Å². The molecule has 1 atom stereocenters. The molecule has 0 heterocycles. The van der Waals surface area contributed by atoms with Crippen molar-refractivity contribution in [1.82, 2.24) is 14.5 Å². The molecule has 0 fully saturated rings. The third kappa shape index (κ3) is 8.16. The van der Waals surface area contributed by atoms with E-state index in [1.807, 2.05) is 6.92 Å². The lowest BCUT2D eigenvalue weighted by Gasteiger charge is -2.34. The molecule has 0 saturated carbocycles. The summed E-state index contributed by atoms with van der Waals surface area (Å²) in [6.45, 7) is 3.81. The molecule has 0 aliphatic carbocycles. The van der Waals surface area contributed by atoms with Crippen LogP contribution in [0.1, 0.15) is 38.7 Å². The summed E-state index contributed by atoms with van der Waals surface area (Å²) in [6.07, 6.45) is 2.03. The molecule has 11 heteroatoms. The van der Waals surface area contributed by atoms with Gasteiger partial charge in [0.1, 0.15) is 24.2 Å². The zero-order valence-electron chi connectivity index (χ0n) is 22.1. The van der Waals surface area contributed by atoms with Crippen molar-refractivity contribution in [3.63, 3.8) is 0 Å². The third-order valence-electron chi connectivity index (χ3n) is 5.86. The second-order valence-electron chi connectivity index (χ2n) is 8.71. The van der Waals surface area contributed by atoms with E-state index in [0.717, 1.165) is 39.1 Å². The van der Waals surface area contributed by atoms with E-state index in [-0.39, 0.29) is 18.1 Å². The lowest BCUT2D eigenvalue weighted by Crippen LogP contribution is -2.53. The Hall–Kier alpha value is -3.18. The molecule has 0 bridgehead atoms. The molecule has 0 aliphatic rings. The molecule has 9 nitrogen and oxygen atoms in total. The van der Waals surface area contributed by atoms with Crippen molar-refractivity contribution in [2.24, 2.45) is 0 Å². The molecule has 0 unspecified atom stereocenters. The van der Waals surface area contributed by atoms with Crippen molar-refractivity contribution in [2.75, 3.05) is 38.6 Å². The smallest absolute Gasteiger partial charge is 0.304 e. The van der Waals surface area contributed by atoms with Crippen molar-refractivity contribution < 1.29 is 27.1 Å². The predicted molar refractivity (Wildman–Crippen MR) is 142 cm³/mol. The number of benzene rings is 2. The Labute approximate surface area is 219 Å². The van der Waals surface area contributed by atoms with Crippen LogP contribution < -0.4 is 14.4 Å². The number of anilines is 1. The van der Waals surface area contributed by atoms with Crippen LogP contribution in [0.2, 0.25) is 0 Å². The average Bonchev–Trinajstić information content (AvgIpc) is 2.88. The molecule has 37 heavy (non-hydrogen) atoms. The Bertz CT molecular complexity index is 1120. The summed E-state index contributed by atoms with van der Waals surface area (Å²) < 4.78 is 46.9. The average molecular weight is 537 g/mol. The molecule has 0 aromatic heterocycles. The van der Waals surface area contributed by atoms with E-state index in [1.54, 1.807) is 38.3 Å². The molecule has 2 amide bonds. The molecule has 2 aromatic rings. The highest BCUT2D eigenvalue weighted by molar-refractivity contribution is 7.90. The standard InChI is InChI=1S/C26H37FN4O5S/c1-6-8-17-28-26(33)24(7-2)30(18-20-9-15-23(36-5)16-10-20)25(32)19-31(37(34,35)29(3)4)22-13-11-21(27)12-14-22/h9-16,24H,6-8,17-19H2,1-5H3,(H,28,33)/t24-/m1/s1. The fourth-order valence-corrected chi connectivity index (χ4v) is 4.73. The fourth-order valence-electron chi connectivity index (χ4n) is 3.68. The van der Waals surface area contributed by atoms with Gasteiger partial charge in [-0.2, -0.15) is 12.7 Å². The number of carbonyl (C=O) groups is 2. The second-order valence-corrected chi connectivity index (χ2v) is 10.8. The number of methoxy groups -OCH3 is 1. The molecule has 1 N–H and O–H groups in total. The van der Waals surface area contributed by atoms with Crippen molar-refractivity contribution >= 4 is 27.7 Å². The van der Waals surface area contributed by atoms with Gasteiger partial charge in [-0.15, -0.1) is 0 Å². The van der Waals surface area contributed by atoms with Crippen LogP contribution >= 0.6 is 0 Å². The summed E-state index contributed by atoms with van der Waals surface area (Å²) in [5.74, 6) is -0.761. The lowest BCUT2D eigenvalue weighted by molar-refractivity contribution is -0.140. The summed E-state index contributed by atoms with van der Waals surface area (Å²) in [6, 6.07) is 11.1. The van der Waals surface area contributed by atoms with Gasteiger partial charge in [0, 0.05) is 27.2 Å². The minimum Gasteiger partial charge on any atom is -0.497 e. The summed E-state index contributed by atoms with van der Waals surface area (Å²) in [5, 5.41) is 2.88. The predicted octanol–water partition coefficient (Wildman–Crippen LogP) is 3.17. The van der Waals surface area contributed by atoms with E-state index in [4.69, 9.17) is 4.74 Å². The van der Waals surface area contributed by atoms with Crippen LogP contribution in [-0.2, 0) is 26.3 Å². The number of carbonyl (C=O) groups excluding carboxylic acids is 2. The first-order valence-corrected chi connectivity index (χ1v) is 13.6. The van der Waals surface area contributed by atoms with Crippen molar-refractivity contribution in [3.8, 4) is 5.75 Å². The summed E-state index contributed by atoms with van der Waals surface area (Å²) in [7, 11) is 0.141. The van der Waals surface area contributed by atoms with E-state index in [1.165, 1.54) is 31.1 Å². The second kappa shape index (κ2) is 13.9. The number of unbranched alkanes of at least 4 members (excludes halogenated alkanes) is 1. The third-order valence-corrected chi connectivity index (χ3v) is 7.68. The number of rotatable bonds is 14. The topological polar surface area (TPSA) is 99.3 Å². The normalized spacial score (nSPS) is 12.2. The maximum Gasteiger partial charge on any atom is 0.304 e. The number of nitrogens with zero attached hydrogens (tertiary/aromatic N) is 3. The van der Waals surface area contributed by atoms with Gasteiger partial charge in [-0.3, -0.25) is 9.59 Å². The maximum atomic E-state index is 13.7. The molecule has 2 rings (SSSR count). The van der Waals surface area contributed by atoms with Crippen LogP contribution in [0.5, 0.6) is 5.75 Å². The molecular weight excluding hydrogens is 499 g/mol. The Balaban J connectivity index is 2.45. The molecule has 2 aromatic carbocycles. The summed E-state index contributed by atoms with van der Waals surface area (Å²) in [4.78, 5) is 28.2. The highest BCUT2D eigenvalue weighted by Crippen LogP contribution is 2.22. The number of amides is 2. The first kappa shape index (κ1) is 30.0. The van der Waals surface area contributed by atoms with Crippen molar-refractivity contribution in [3.05, 3.63) is 59.9 Å². The number of nitrogens with one attached hydrogen (secondary N) is 1. The van der Waals surface area contributed by atoms with Crippen LogP contribution in [0.4, 0.5) is 10.1 Å². The Morgan fingerprint density at radius 2 is 1.65 bits per heavy atom. The van der Waals surface area contributed by atoms with Gasteiger partial charge < -0.3 is 15.0 Å². The van der Waals surface area contributed by atoms with Gasteiger partial charge in [-0.1, -0.05) is 32.4 Å². The quantitative estimate of drug-likeness (QED) is 0.374. The number of hydrogen-bond donors (Lipinski definition) is 1. The first-order chi connectivity index (χ1) is 17.5. The molecule has 0 spiro atoms. The first-order valence-electron chi connectivity index (χ1n) is 12.2. The van der Waals surface area contributed by atoms with E-state index < -0.39 is 34.5 Å². The van der Waals surface area contributed by atoms with Crippen LogP contribution in [0.25, 0.3) is 0 Å². The number of hydrogen-bond acceptors (Lipinski definition) is 5. The largest absolute Gasteiger partial charge is 0.497 e. The van der Waals surface area contributed by atoms with Gasteiger partial charge >= 0.3 is 10.2 Å². The van der Waals surface area contributed by atoms with Gasteiger partial charge in [0.25, 0.3) is 0 Å². The zero-order valence-corrected chi connectivity index (χ0v) is 22.9. The highest BCUT2D eigenvalue weighted by Gasteiger charge is 2.33. The van der Waals surface area contributed by atoms with E-state index >= 15 is 0 Å². The van der Waals surface area contributed by atoms with Crippen LogP contribution in [0.15, 0.2) is 48.5 Å². The molecule has 0 radical (unpaired) electrons. The molecule has 0 saturated heterocycles. The van der Waals surface area contributed by atoms with Gasteiger partial charge in [0.05, 0.1) is 12.8 Å². The SMILES string of the molecule is CCCCNC(=O)[C@@H](CC)N(Cc1ccc(OC)cc1)C(=O)CN(c1ccc(F)cc1)S(=O)(=O)N(C)C. The fraction of sp³-hybridized carbons (Fsp3) is 0.462. The van der Waals surface area contributed by atoms with Crippen molar-refractivity contribution in [1.29, 1.82) is 0 Å². The number of halogens is 1. The monoisotopic (exact) mass is 536 g/mol. The summed E-state index contributed by atoms with van der Waals surface area (Å²) >= 11 is 0. The Morgan fingerprint density at radius 3 is 2.16 bits per heavy atom. The number of ether oxygens (including phenoxy) is 1. The van der Waals surface area contributed by atoms with Crippen LogP contribution in [0.3, 0.4) is 0 Å². The molecule has 204 valence electrons. The zero-order chi connectivity index (χ0) is 27.6. The minimum atomic E-state index is -4.11. The van der Waals surface area contributed by atoms with E-state index in [9.17, 15) is 22.4 Å². The van der Waals surface area contributed by atoms with Gasteiger partial charge in [0.2, 0.25) is 11.8 Å². The van der Waals surface area contributed by atoms with E-state index in [2.05, 4.69) is 5.32 Å². The summed E-state index contributed by atoms with van der Waals surface area (Å²) in [5.41, 5.74) is 0.881. The van der Waals surface area contributed by atoms with E-state index in [0.29, 0.717) is 18.7 Å². The Kier molecular flexibility index (Phi) is 11.3. The van der Waals surface area contributed by atoms with Crippen LogP contribution in [0, 0.1) is 5.82 Å². The van der Waals surface area contributed by atoms with Gasteiger partial charge in [-0.25, -0.2) is 8.70 Å². The maximum absolute atomic E-state index is 13.7.